The third-order valence-corrected chi connectivity index (χ3v) is 5.72. The number of pyridine rings is 1. The van der Waals surface area contributed by atoms with E-state index in [-0.39, 0.29) is 17.6 Å². The Morgan fingerprint density at radius 2 is 1.93 bits per heavy atom. The molecule has 2 N–H and O–H groups in total. The number of nitrogens with zero attached hydrogens (tertiary/aromatic N) is 3. The molecule has 2 atom stereocenters. The standard InChI is InChI=1S/C19H24F2N4O2/c1-9(2)25-15(17-12-5-11(26-3)6-13(12)17)7-14(24-25)10-4-16(27-19(20)21)18(22)23-8-10/h4,7-9,11-13,17,19H,5-6H2,1-3H3,(H2,22,23). The van der Waals surface area contributed by atoms with E-state index in [0.29, 0.717) is 35.1 Å². The van der Waals surface area contributed by atoms with Crippen molar-refractivity contribution in [2.24, 2.45) is 11.8 Å². The van der Waals surface area contributed by atoms with Crippen LogP contribution >= 0.6 is 0 Å². The molecule has 8 heteroatoms. The Morgan fingerprint density at radius 3 is 2.52 bits per heavy atom. The molecule has 0 amide bonds. The van der Waals surface area contributed by atoms with E-state index >= 15 is 0 Å². The van der Waals surface area contributed by atoms with Gasteiger partial charge in [0.1, 0.15) is 0 Å². The molecule has 2 aromatic heterocycles. The van der Waals surface area contributed by atoms with E-state index < -0.39 is 6.61 Å². The Kier molecular flexibility index (Phi) is 4.53. The van der Waals surface area contributed by atoms with Crippen LogP contribution in [-0.4, -0.2) is 34.6 Å². The smallest absolute Gasteiger partial charge is 0.387 e. The van der Waals surface area contributed by atoms with Crippen LogP contribution in [0.3, 0.4) is 0 Å². The van der Waals surface area contributed by atoms with E-state index in [2.05, 4.69) is 23.6 Å². The molecule has 2 heterocycles. The lowest BCUT2D eigenvalue weighted by Crippen LogP contribution is -2.12. The summed E-state index contributed by atoms with van der Waals surface area (Å²) >= 11 is 0. The largest absolute Gasteiger partial charge is 0.431 e. The minimum absolute atomic E-state index is 0.0649. The van der Waals surface area contributed by atoms with Crippen LogP contribution in [0, 0.1) is 11.8 Å². The Labute approximate surface area is 156 Å². The summed E-state index contributed by atoms with van der Waals surface area (Å²) in [6, 6.07) is 3.72. The van der Waals surface area contributed by atoms with Crippen molar-refractivity contribution in [1.29, 1.82) is 0 Å². The van der Waals surface area contributed by atoms with Crippen LogP contribution in [0.15, 0.2) is 18.3 Å². The summed E-state index contributed by atoms with van der Waals surface area (Å²) in [6.07, 6.45) is 4.07. The second-order valence-corrected chi connectivity index (χ2v) is 7.66. The van der Waals surface area contributed by atoms with E-state index in [0.717, 1.165) is 12.8 Å². The highest BCUT2D eigenvalue weighted by Gasteiger charge is 2.58. The lowest BCUT2D eigenvalue weighted by atomic mass is 10.1. The fraction of sp³-hybridized carbons (Fsp3) is 0.579. The number of fused-ring (bicyclic) bond motifs is 1. The molecule has 2 aliphatic carbocycles. The van der Waals surface area contributed by atoms with Crippen LogP contribution in [0.4, 0.5) is 14.6 Å². The summed E-state index contributed by atoms with van der Waals surface area (Å²) in [4.78, 5) is 3.98. The molecule has 0 spiro atoms. The van der Waals surface area contributed by atoms with Gasteiger partial charge in [0.25, 0.3) is 0 Å². The number of nitrogen functional groups attached to an aromatic ring is 1. The van der Waals surface area contributed by atoms with Gasteiger partial charge in [0, 0.05) is 36.5 Å². The Hall–Kier alpha value is -2.22. The molecule has 0 saturated heterocycles. The highest BCUT2D eigenvalue weighted by molar-refractivity contribution is 5.64. The number of halogens is 2. The van der Waals surface area contributed by atoms with Gasteiger partial charge < -0.3 is 15.2 Å². The molecule has 27 heavy (non-hydrogen) atoms. The fourth-order valence-corrected chi connectivity index (χ4v) is 4.42. The Balaban J connectivity index is 1.64. The monoisotopic (exact) mass is 378 g/mol. The molecule has 0 radical (unpaired) electrons. The number of rotatable bonds is 6. The topological polar surface area (TPSA) is 75.2 Å². The molecule has 6 nitrogen and oxygen atoms in total. The molecule has 146 valence electrons. The zero-order chi connectivity index (χ0) is 19.3. The van der Waals surface area contributed by atoms with Crippen molar-refractivity contribution in [1.82, 2.24) is 14.8 Å². The third kappa shape index (κ3) is 3.26. The zero-order valence-electron chi connectivity index (χ0n) is 15.6. The van der Waals surface area contributed by atoms with Crippen molar-refractivity contribution in [2.75, 3.05) is 12.8 Å². The average Bonchev–Trinajstić information content (AvgIpc) is 3.01. The van der Waals surface area contributed by atoms with E-state index in [1.54, 1.807) is 13.3 Å². The van der Waals surface area contributed by atoms with Crippen LogP contribution < -0.4 is 10.5 Å². The molecule has 0 aliphatic heterocycles. The van der Waals surface area contributed by atoms with E-state index in [9.17, 15) is 8.78 Å². The first-order valence-corrected chi connectivity index (χ1v) is 9.22. The first kappa shape index (κ1) is 18.2. The predicted octanol–water partition coefficient (Wildman–Crippen LogP) is 3.85. The molecule has 2 fully saturated rings. The third-order valence-electron chi connectivity index (χ3n) is 5.72. The van der Waals surface area contributed by atoms with E-state index in [4.69, 9.17) is 15.6 Å². The summed E-state index contributed by atoms with van der Waals surface area (Å²) in [5, 5.41) is 4.72. The molecule has 0 aromatic carbocycles. The van der Waals surface area contributed by atoms with Crippen LogP contribution in [0.1, 0.15) is 44.3 Å². The summed E-state index contributed by atoms with van der Waals surface area (Å²) in [6.45, 7) is 1.22. The van der Waals surface area contributed by atoms with Gasteiger partial charge in [-0.2, -0.15) is 13.9 Å². The maximum Gasteiger partial charge on any atom is 0.387 e. The lowest BCUT2D eigenvalue weighted by molar-refractivity contribution is -0.0494. The maximum absolute atomic E-state index is 12.6. The number of hydrogen-bond acceptors (Lipinski definition) is 5. The number of aromatic nitrogens is 3. The van der Waals surface area contributed by atoms with Crippen molar-refractivity contribution in [3.05, 3.63) is 24.0 Å². The number of ether oxygens (including phenoxy) is 2. The zero-order valence-corrected chi connectivity index (χ0v) is 15.6. The summed E-state index contributed by atoms with van der Waals surface area (Å²) in [7, 11) is 1.77. The first-order valence-electron chi connectivity index (χ1n) is 9.22. The normalized spacial score (nSPS) is 26.6. The SMILES string of the molecule is COC1CC2C(C1)C2c1cc(-c2cnc(N)c(OC(F)F)c2)nn1C(C)C. The van der Waals surface area contributed by atoms with E-state index in [1.807, 2.05) is 10.7 Å². The second-order valence-electron chi connectivity index (χ2n) is 7.66. The summed E-state index contributed by atoms with van der Waals surface area (Å²) in [5.74, 6) is 1.57. The number of alkyl halides is 2. The molecule has 4 rings (SSSR count). The van der Waals surface area contributed by atoms with Gasteiger partial charge in [0.15, 0.2) is 11.6 Å². The number of anilines is 1. The van der Waals surface area contributed by atoms with Crippen molar-refractivity contribution in [2.45, 2.75) is 51.4 Å². The van der Waals surface area contributed by atoms with Gasteiger partial charge in [-0.25, -0.2) is 4.98 Å². The van der Waals surface area contributed by atoms with Gasteiger partial charge in [0.2, 0.25) is 0 Å². The summed E-state index contributed by atoms with van der Waals surface area (Å²) < 4.78 is 37.1. The van der Waals surface area contributed by atoms with Crippen LogP contribution in [0.25, 0.3) is 11.3 Å². The minimum atomic E-state index is -2.95. The predicted molar refractivity (Wildman–Crippen MR) is 96.6 cm³/mol. The van der Waals surface area contributed by atoms with Gasteiger partial charge in [-0.05, 0) is 50.7 Å². The molecule has 2 aromatic rings. The Morgan fingerprint density at radius 1 is 1.22 bits per heavy atom. The average molecular weight is 378 g/mol. The molecule has 2 aliphatic rings. The molecular weight excluding hydrogens is 354 g/mol. The Bertz CT molecular complexity index is 827. The highest BCUT2D eigenvalue weighted by atomic mass is 19.3. The van der Waals surface area contributed by atoms with Gasteiger partial charge in [-0.3, -0.25) is 4.68 Å². The van der Waals surface area contributed by atoms with Crippen LogP contribution in [0.5, 0.6) is 5.75 Å². The minimum Gasteiger partial charge on any atom is -0.431 e. The van der Waals surface area contributed by atoms with Gasteiger partial charge >= 0.3 is 6.61 Å². The van der Waals surface area contributed by atoms with Crippen molar-refractivity contribution in [3.63, 3.8) is 0 Å². The quantitative estimate of drug-likeness (QED) is 0.826. The highest BCUT2D eigenvalue weighted by Crippen LogP contribution is 2.63. The van der Waals surface area contributed by atoms with Gasteiger partial charge in [-0.15, -0.1) is 0 Å². The number of methoxy groups -OCH3 is 1. The van der Waals surface area contributed by atoms with Crippen molar-refractivity contribution >= 4 is 5.82 Å². The van der Waals surface area contributed by atoms with Crippen molar-refractivity contribution < 1.29 is 18.3 Å². The molecular formula is C19H24F2N4O2. The van der Waals surface area contributed by atoms with Crippen molar-refractivity contribution in [3.8, 4) is 17.0 Å². The lowest BCUT2D eigenvalue weighted by Gasteiger charge is -2.15. The van der Waals surface area contributed by atoms with Gasteiger partial charge in [-0.1, -0.05) is 0 Å². The van der Waals surface area contributed by atoms with Crippen LogP contribution in [0.2, 0.25) is 0 Å². The van der Waals surface area contributed by atoms with E-state index in [1.165, 1.54) is 11.8 Å². The number of nitrogens with two attached hydrogens (primary N) is 1. The second kappa shape index (κ2) is 6.74. The first-order chi connectivity index (χ1) is 12.9. The molecule has 0 bridgehead atoms. The maximum atomic E-state index is 12.6. The summed E-state index contributed by atoms with van der Waals surface area (Å²) in [5.41, 5.74) is 8.14. The van der Waals surface area contributed by atoms with Gasteiger partial charge in [0.05, 0.1) is 11.8 Å². The molecule has 2 unspecified atom stereocenters. The molecule has 2 saturated carbocycles. The van der Waals surface area contributed by atoms with Crippen LogP contribution in [-0.2, 0) is 4.74 Å². The number of hydrogen-bond donors (Lipinski definition) is 1. The fourth-order valence-electron chi connectivity index (χ4n) is 4.42.